The minimum absolute atomic E-state index is 0. The molecule has 1 saturated heterocycles. The minimum atomic E-state index is 0. The second-order valence-corrected chi connectivity index (χ2v) is 6.47. The Morgan fingerprint density at radius 3 is 2.74 bits per heavy atom. The van der Waals surface area contributed by atoms with Crippen molar-refractivity contribution in [1.29, 1.82) is 0 Å². The summed E-state index contributed by atoms with van der Waals surface area (Å²) in [6, 6.07) is 8.20. The maximum absolute atomic E-state index is 5.69. The fourth-order valence-corrected chi connectivity index (χ4v) is 2.96. The highest BCUT2D eigenvalue weighted by Crippen LogP contribution is 2.13. The predicted octanol–water partition coefficient (Wildman–Crippen LogP) is 3.30. The second kappa shape index (κ2) is 14.0. The van der Waals surface area contributed by atoms with E-state index in [9.17, 15) is 0 Å². The van der Waals surface area contributed by atoms with Gasteiger partial charge >= 0.3 is 0 Å². The van der Waals surface area contributed by atoms with Crippen LogP contribution >= 0.6 is 24.0 Å². The summed E-state index contributed by atoms with van der Waals surface area (Å²) in [4.78, 5) is 6.47. The van der Waals surface area contributed by atoms with Crippen molar-refractivity contribution >= 4 is 29.9 Å². The van der Waals surface area contributed by atoms with Crippen molar-refractivity contribution < 1.29 is 14.2 Å². The molecule has 0 bridgehead atoms. The average molecular weight is 491 g/mol. The van der Waals surface area contributed by atoms with Crippen LogP contribution in [0.3, 0.4) is 0 Å². The molecule has 27 heavy (non-hydrogen) atoms. The van der Waals surface area contributed by atoms with Crippen molar-refractivity contribution in [2.45, 2.75) is 38.8 Å². The van der Waals surface area contributed by atoms with Crippen LogP contribution in [0, 0.1) is 0 Å². The molecule has 0 radical (unpaired) electrons. The fraction of sp³-hybridized carbons (Fsp3) is 0.650. The van der Waals surface area contributed by atoms with E-state index in [1.807, 2.05) is 33.2 Å². The van der Waals surface area contributed by atoms with Gasteiger partial charge in [-0.15, -0.1) is 24.0 Å². The van der Waals surface area contributed by atoms with Crippen LogP contribution in [0.15, 0.2) is 29.3 Å². The van der Waals surface area contributed by atoms with E-state index in [-0.39, 0.29) is 24.0 Å². The van der Waals surface area contributed by atoms with Crippen LogP contribution in [0.2, 0.25) is 0 Å². The molecule has 1 aliphatic heterocycles. The van der Waals surface area contributed by atoms with E-state index in [2.05, 4.69) is 27.3 Å². The van der Waals surface area contributed by atoms with Gasteiger partial charge in [-0.3, -0.25) is 4.99 Å². The molecule has 1 N–H and O–H groups in total. The van der Waals surface area contributed by atoms with Crippen LogP contribution in [0.1, 0.15) is 31.7 Å². The molecule has 1 fully saturated rings. The molecule has 0 spiro atoms. The Kier molecular flexibility index (Phi) is 12.4. The zero-order chi connectivity index (χ0) is 18.6. The zero-order valence-corrected chi connectivity index (χ0v) is 19.1. The lowest BCUT2D eigenvalue weighted by Crippen LogP contribution is -2.39. The Hall–Kier alpha value is -1.06. The number of nitrogens with zero attached hydrogens (tertiary/aromatic N) is 2. The van der Waals surface area contributed by atoms with E-state index in [1.165, 1.54) is 5.56 Å². The fourth-order valence-electron chi connectivity index (χ4n) is 2.96. The molecule has 0 amide bonds. The van der Waals surface area contributed by atoms with Gasteiger partial charge in [-0.2, -0.15) is 0 Å². The Morgan fingerprint density at radius 1 is 1.33 bits per heavy atom. The van der Waals surface area contributed by atoms with Crippen molar-refractivity contribution in [3.8, 4) is 5.75 Å². The Bertz CT molecular complexity index is 534. The number of nitrogens with one attached hydrogen (secondary N) is 1. The van der Waals surface area contributed by atoms with Crippen molar-refractivity contribution in [2.75, 3.05) is 47.1 Å². The highest BCUT2D eigenvalue weighted by atomic mass is 127. The van der Waals surface area contributed by atoms with E-state index in [0.29, 0.717) is 19.3 Å². The first-order valence-corrected chi connectivity index (χ1v) is 9.55. The molecule has 2 rings (SSSR count). The number of benzene rings is 1. The standard InChI is InChI=1S/C20H33N3O3.HI/c1-4-25-18-10-8-17(9-11-18)15-23(3)20(21-2)22-12-6-13-24-16-19-7-5-14-26-19;/h8-11,19H,4-7,12-16H2,1-3H3,(H,21,22);1H. The van der Waals surface area contributed by atoms with Gasteiger partial charge in [-0.25, -0.2) is 0 Å². The minimum Gasteiger partial charge on any atom is -0.494 e. The van der Waals surface area contributed by atoms with Crippen LogP contribution in [-0.2, 0) is 16.0 Å². The molecular weight excluding hydrogens is 457 g/mol. The van der Waals surface area contributed by atoms with Gasteiger partial charge in [0.25, 0.3) is 0 Å². The summed E-state index contributed by atoms with van der Waals surface area (Å²) in [5, 5.41) is 3.39. The molecule has 0 saturated carbocycles. The predicted molar refractivity (Wildman–Crippen MR) is 120 cm³/mol. The molecule has 7 heteroatoms. The summed E-state index contributed by atoms with van der Waals surface area (Å²) < 4.78 is 16.7. The summed E-state index contributed by atoms with van der Waals surface area (Å²) >= 11 is 0. The number of hydrogen-bond donors (Lipinski definition) is 1. The van der Waals surface area contributed by atoms with E-state index < -0.39 is 0 Å². The molecule has 1 atom stereocenters. The van der Waals surface area contributed by atoms with Crippen LogP contribution in [0.4, 0.5) is 0 Å². The number of halogens is 1. The zero-order valence-electron chi connectivity index (χ0n) is 16.8. The largest absolute Gasteiger partial charge is 0.494 e. The third-order valence-electron chi connectivity index (χ3n) is 4.30. The molecule has 1 aromatic carbocycles. The first-order valence-electron chi connectivity index (χ1n) is 9.55. The summed E-state index contributed by atoms with van der Waals surface area (Å²) in [7, 11) is 3.85. The summed E-state index contributed by atoms with van der Waals surface area (Å²) in [5.41, 5.74) is 1.22. The third kappa shape index (κ3) is 9.12. The first-order chi connectivity index (χ1) is 12.7. The van der Waals surface area contributed by atoms with Gasteiger partial charge in [-0.1, -0.05) is 12.1 Å². The van der Waals surface area contributed by atoms with E-state index in [1.54, 1.807) is 0 Å². The number of guanidine groups is 1. The topological polar surface area (TPSA) is 55.3 Å². The van der Waals surface area contributed by atoms with Gasteiger partial charge in [0.05, 0.1) is 19.3 Å². The highest BCUT2D eigenvalue weighted by molar-refractivity contribution is 14.0. The summed E-state index contributed by atoms with van der Waals surface area (Å²) in [5.74, 6) is 1.79. The van der Waals surface area contributed by atoms with Crippen molar-refractivity contribution in [3.05, 3.63) is 29.8 Å². The van der Waals surface area contributed by atoms with E-state index in [0.717, 1.165) is 57.3 Å². The number of rotatable bonds is 10. The normalized spacial score (nSPS) is 16.7. The van der Waals surface area contributed by atoms with Crippen LogP contribution in [-0.4, -0.2) is 64.0 Å². The highest BCUT2D eigenvalue weighted by Gasteiger charge is 2.15. The lowest BCUT2D eigenvalue weighted by Gasteiger charge is -2.22. The Morgan fingerprint density at radius 2 is 2.11 bits per heavy atom. The van der Waals surface area contributed by atoms with Gasteiger partial charge in [0.1, 0.15) is 5.75 Å². The molecule has 0 aromatic heterocycles. The quantitative estimate of drug-likeness (QED) is 0.236. The molecule has 1 heterocycles. The molecule has 1 aliphatic rings. The van der Waals surface area contributed by atoms with E-state index >= 15 is 0 Å². The van der Waals surface area contributed by atoms with Crippen LogP contribution < -0.4 is 10.1 Å². The van der Waals surface area contributed by atoms with Crippen molar-refractivity contribution in [1.82, 2.24) is 10.2 Å². The average Bonchev–Trinajstić information content (AvgIpc) is 3.16. The smallest absolute Gasteiger partial charge is 0.193 e. The Labute approximate surface area is 180 Å². The molecule has 0 aliphatic carbocycles. The van der Waals surface area contributed by atoms with Crippen LogP contribution in [0.25, 0.3) is 0 Å². The number of ether oxygens (including phenoxy) is 3. The molecular formula is C20H34IN3O3. The van der Waals surface area contributed by atoms with Gasteiger partial charge in [0.2, 0.25) is 0 Å². The molecule has 1 aromatic rings. The van der Waals surface area contributed by atoms with Gasteiger partial charge in [-0.05, 0) is 43.9 Å². The van der Waals surface area contributed by atoms with Gasteiger partial charge in [0.15, 0.2) is 5.96 Å². The van der Waals surface area contributed by atoms with Crippen LogP contribution in [0.5, 0.6) is 5.75 Å². The maximum atomic E-state index is 5.69. The second-order valence-electron chi connectivity index (χ2n) is 6.47. The monoisotopic (exact) mass is 491 g/mol. The van der Waals surface area contributed by atoms with Crippen molar-refractivity contribution in [2.24, 2.45) is 4.99 Å². The number of aliphatic imine (C=N–C) groups is 1. The van der Waals surface area contributed by atoms with Gasteiger partial charge < -0.3 is 24.4 Å². The van der Waals surface area contributed by atoms with E-state index in [4.69, 9.17) is 14.2 Å². The summed E-state index contributed by atoms with van der Waals surface area (Å²) in [6.45, 7) is 6.65. The third-order valence-corrected chi connectivity index (χ3v) is 4.30. The SMILES string of the molecule is CCOc1ccc(CN(C)C(=NC)NCCCOCC2CCCO2)cc1.I. The van der Waals surface area contributed by atoms with Crippen molar-refractivity contribution in [3.63, 3.8) is 0 Å². The lowest BCUT2D eigenvalue weighted by molar-refractivity contribution is 0.0168. The maximum Gasteiger partial charge on any atom is 0.193 e. The molecule has 1 unspecified atom stereocenters. The lowest BCUT2D eigenvalue weighted by atomic mass is 10.2. The Balaban J connectivity index is 0.00000364. The van der Waals surface area contributed by atoms with Gasteiger partial charge in [0, 0.05) is 40.4 Å². The first kappa shape index (κ1) is 24.0. The molecule has 6 nitrogen and oxygen atoms in total. The number of hydrogen-bond acceptors (Lipinski definition) is 4. The molecule has 154 valence electrons. The summed E-state index contributed by atoms with van der Waals surface area (Å²) in [6.07, 6.45) is 3.53.